The maximum Gasteiger partial charge on any atom is 0.271 e. The lowest BCUT2D eigenvalue weighted by molar-refractivity contribution is -0.384. The Bertz CT molecular complexity index is 1040. The predicted octanol–water partition coefficient (Wildman–Crippen LogP) is 4.13. The van der Waals surface area contributed by atoms with E-state index < -0.39 is 4.92 Å². The molecule has 0 bridgehead atoms. The Labute approximate surface area is 167 Å². The summed E-state index contributed by atoms with van der Waals surface area (Å²) >= 11 is 0. The number of amides is 1. The first-order valence-corrected chi connectivity index (χ1v) is 9.47. The van der Waals surface area contributed by atoms with Crippen LogP contribution in [0.15, 0.2) is 59.8 Å². The van der Waals surface area contributed by atoms with Crippen molar-refractivity contribution in [3.05, 3.63) is 75.5 Å². The van der Waals surface area contributed by atoms with E-state index in [0.29, 0.717) is 42.0 Å². The summed E-state index contributed by atoms with van der Waals surface area (Å²) in [5.41, 5.74) is 2.49. The molecule has 0 fully saturated rings. The fraction of sp³-hybridized carbons (Fsp3) is 0.273. The van der Waals surface area contributed by atoms with Crippen LogP contribution in [0.5, 0.6) is 5.75 Å². The van der Waals surface area contributed by atoms with Gasteiger partial charge in [0.25, 0.3) is 5.69 Å². The van der Waals surface area contributed by atoms with Crippen LogP contribution in [0.2, 0.25) is 0 Å². The number of rotatable bonds is 4. The molecule has 2 aliphatic rings. The molecule has 0 N–H and O–H groups in total. The molecule has 7 heteroatoms. The van der Waals surface area contributed by atoms with Crippen molar-refractivity contribution in [3.8, 4) is 5.75 Å². The van der Waals surface area contributed by atoms with Gasteiger partial charge >= 0.3 is 0 Å². The smallest absolute Gasteiger partial charge is 0.271 e. The minimum absolute atomic E-state index is 0.0296. The van der Waals surface area contributed by atoms with Crippen molar-refractivity contribution in [3.63, 3.8) is 0 Å². The maximum atomic E-state index is 13.2. The van der Waals surface area contributed by atoms with E-state index in [0.717, 1.165) is 5.56 Å². The van der Waals surface area contributed by atoms with Crippen LogP contribution in [0, 0.1) is 10.1 Å². The van der Waals surface area contributed by atoms with Crippen molar-refractivity contribution in [1.29, 1.82) is 0 Å². The van der Waals surface area contributed by atoms with E-state index in [1.165, 1.54) is 17.0 Å². The molecule has 2 aromatic carbocycles. The zero-order chi connectivity index (χ0) is 20.5. The van der Waals surface area contributed by atoms with Crippen molar-refractivity contribution >= 4 is 23.1 Å². The number of carbonyl (C=O) groups is 2. The molecule has 0 saturated heterocycles. The summed E-state index contributed by atoms with van der Waals surface area (Å²) < 4.78 is 5.30. The molecular formula is C22H20N2O5. The maximum absolute atomic E-state index is 13.2. The standard InChI is InChI=1S/C22H20N2O5/c1-29-17-8-2-5-14(11-17)18-13-21(26)23(19-9-4-10-20(25)22(18)19)15-6-3-7-16(12-15)24(27)28/h2-3,5-8,11-12,18H,4,9-10,13H2,1H3. The minimum Gasteiger partial charge on any atom is -0.497 e. The molecule has 1 amide bonds. The number of anilines is 1. The summed E-state index contributed by atoms with van der Waals surface area (Å²) in [6.07, 6.45) is 1.80. The number of ketones is 1. The zero-order valence-electron chi connectivity index (χ0n) is 16.0. The summed E-state index contributed by atoms with van der Waals surface area (Å²) in [5.74, 6) is 0.186. The Balaban J connectivity index is 1.85. The lowest BCUT2D eigenvalue weighted by Crippen LogP contribution is -2.40. The largest absolute Gasteiger partial charge is 0.497 e. The number of benzene rings is 2. The van der Waals surface area contributed by atoms with Crippen LogP contribution in [0.4, 0.5) is 11.4 Å². The Morgan fingerprint density at radius 3 is 2.66 bits per heavy atom. The van der Waals surface area contributed by atoms with Crippen molar-refractivity contribution in [2.75, 3.05) is 12.0 Å². The fourth-order valence-corrected chi connectivity index (χ4v) is 4.18. The molecule has 0 saturated carbocycles. The second-order valence-electron chi connectivity index (χ2n) is 7.18. The normalized spacial score (nSPS) is 19.2. The Morgan fingerprint density at radius 1 is 1.10 bits per heavy atom. The summed E-state index contributed by atoms with van der Waals surface area (Å²) in [6.45, 7) is 0. The van der Waals surface area contributed by atoms with E-state index in [2.05, 4.69) is 0 Å². The van der Waals surface area contributed by atoms with Crippen LogP contribution in [0.1, 0.15) is 37.2 Å². The van der Waals surface area contributed by atoms with Gasteiger partial charge in [0.1, 0.15) is 5.75 Å². The van der Waals surface area contributed by atoms with Crippen LogP contribution < -0.4 is 9.64 Å². The average Bonchev–Trinajstić information content (AvgIpc) is 2.73. The number of non-ortho nitro benzene ring substituents is 1. The lowest BCUT2D eigenvalue weighted by Gasteiger charge is -2.38. The predicted molar refractivity (Wildman–Crippen MR) is 107 cm³/mol. The highest BCUT2D eigenvalue weighted by molar-refractivity contribution is 6.07. The van der Waals surface area contributed by atoms with Gasteiger partial charge in [-0.25, -0.2) is 0 Å². The lowest BCUT2D eigenvalue weighted by atomic mass is 9.77. The van der Waals surface area contributed by atoms with Gasteiger partial charge in [-0.2, -0.15) is 0 Å². The van der Waals surface area contributed by atoms with Crippen molar-refractivity contribution < 1.29 is 19.2 Å². The summed E-state index contributed by atoms with van der Waals surface area (Å²) in [6, 6.07) is 13.4. The van der Waals surface area contributed by atoms with E-state index >= 15 is 0 Å². The quantitative estimate of drug-likeness (QED) is 0.576. The number of allylic oxidation sites excluding steroid dienone is 2. The van der Waals surface area contributed by atoms with Crippen LogP contribution in [0.25, 0.3) is 0 Å². The highest BCUT2D eigenvalue weighted by Crippen LogP contribution is 2.44. The van der Waals surface area contributed by atoms with Crippen molar-refractivity contribution in [2.24, 2.45) is 0 Å². The summed E-state index contributed by atoms with van der Waals surface area (Å²) in [5, 5.41) is 11.2. The third-order valence-corrected chi connectivity index (χ3v) is 5.47. The number of nitro groups is 1. The van der Waals surface area contributed by atoms with Gasteiger partial charge in [-0.15, -0.1) is 0 Å². The molecule has 2 aromatic rings. The molecule has 7 nitrogen and oxygen atoms in total. The van der Waals surface area contributed by atoms with Gasteiger partial charge in [0.2, 0.25) is 5.91 Å². The van der Waals surface area contributed by atoms with Gasteiger partial charge in [0, 0.05) is 42.2 Å². The van der Waals surface area contributed by atoms with E-state index in [-0.39, 0.29) is 29.7 Å². The molecule has 0 radical (unpaired) electrons. The number of Topliss-reactive ketones (excluding diaryl/α,β-unsaturated/α-hetero) is 1. The van der Waals surface area contributed by atoms with E-state index in [1.807, 2.05) is 24.3 Å². The van der Waals surface area contributed by atoms with Crippen molar-refractivity contribution in [1.82, 2.24) is 0 Å². The van der Waals surface area contributed by atoms with E-state index in [9.17, 15) is 19.7 Å². The van der Waals surface area contributed by atoms with Gasteiger partial charge in [0.15, 0.2) is 5.78 Å². The molecule has 1 aliphatic heterocycles. The third kappa shape index (κ3) is 3.40. The number of ether oxygens (including phenoxy) is 1. The van der Waals surface area contributed by atoms with Crippen LogP contribution >= 0.6 is 0 Å². The number of nitrogens with zero attached hydrogens (tertiary/aromatic N) is 2. The first-order chi connectivity index (χ1) is 14.0. The van der Waals surface area contributed by atoms with Gasteiger partial charge in [-0.1, -0.05) is 18.2 Å². The van der Waals surface area contributed by atoms with Crippen molar-refractivity contribution in [2.45, 2.75) is 31.6 Å². The molecule has 0 spiro atoms. The molecular weight excluding hydrogens is 372 g/mol. The number of hydrogen-bond donors (Lipinski definition) is 0. The minimum atomic E-state index is -0.488. The van der Waals surface area contributed by atoms with Gasteiger partial charge in [0.05, 0.1) is 17.7 Å². The third-order valence-electron chi connectivity index (χ3n) is 5.47. The van der Waals surface area contributed by atoms with E-state index in [1.54, 1.807) is 19.2 Å². The Hall–Kier alpha value is -3.48. The molecule has 4 rings (SSSR count). The fourth-order valence-electron chi connectivity index (χ4n) is 4.18. The van der Waals surface area contributed by atoms with Crippen LogP contribution in [-0.2, 0) is 9.59 Å². The number of methoxy groups -OCH3 is 1. The first-order valence-electron chi connectivity index (χ1n) is 9.47. The molecule has 148 valence electrons. The Morgan fingerprint density at radius 2 is 1.90 bits per heavy atom. The van der Waals surface area contributed by atoms with Gasteiger partial charge in [-0.05, 0) is 36.6 Å². The molecule has 29 heavy (non-hydrogen) atoms. The SMILES string of the molecule is COc1cccc(C2CC(=O)N(c3cccc([N+](=O)[O-])c3)C3=C2C(=O)CCC3)c1. The zero-order valence-corrected chi connectivity index (χ0v) is 16.0. The highest BCUT2D eigenvalue weighted by Gasteiger charge is 2.40. The summed E-state index contributed by atoms with van der Waals surface area (Å²) in [4.78, 5) is 38.2. The molecule has 0 aromatic heterocycles. The molecule has 1 unspecified atom stereocenters. The number of hydrogen-bond acceptors (Lipinski definition) is 5. The topological polar surface area (TPSA) is 89.8 Å². The number of nitro benzene ring substituents is 1. The molecule has 1 heterocycles. The monoisotopic (exact) mass is 392 g/mol. The second kappa shape index (κ2) is 7.50. The van der Waals surface area contributed by atoms with E-state index in [4.69, 9.17) is 4.74 Å². The van der Waals surface area contributed by atoms with Crippen LogP contribution in [-0.4, -0.2) is 23.7 Å². The Kier molecular flexibility index (Phi) is 4.88. The van der Waals surface area contributed by atoms with Crippen LogP contribution in [0.3, 0.4) is 0 Å². The number of carbonyl (C=O) groups excluding carboxylic acids is 2. The summed E-state index contributed by atoms with van der Waals surface area (Å²) in [7, 11) is 1.58. The van der Waals surface area contributed by atoms with Gasteiger partial charge in [-0.3, -0.25) is 24.6 Å². The molecule has 1 atom stereocenters. The highest BCUT2D eigenvalue weighted by atomic mass is 16.6. The first kappa shape index (κ1) is 18.9. The average molecular weight is 392 g/mol. The van der Waals surface area contributed by atoms with Gasteiger partial charge < -0.3 is 4.74 Å². The second-order valence-corrected chi connectivity index (χ2v) is 7.18. The molecule has 1 aliphatic carbocycles.